The molecule has 0 fully saturated rings. The van der Waals surface area contributed by atoms with Gasteiger partial charge in [-0.2, -0.15) is 0 Å². The van der Waals surface area contributed by atoms with Crippen molar-refractivity contribution in [2.45, 2.75) is 20.4 Å². The van der Waals surface area contributed by atoms with E-state index >= 15 is 0 Å². The first-order valence-corrected chi connectivity index (χ1v) is 7.19. The van der Waals surface area contributed by atoms with Crippen LogP contribution < -0.4 is 10.9 Å². The number of nitrogens with one attached hydrogen (secondary N) is 2. The first kappa shape index (κ1) is 15.0. The summed E-state index contributed by atoms with van der Waals surface area (Å²) in [4.78, 5) is 14.7. The lowest BCUT2D eigenvalue weighted by molar-refractivity contribution is 0.393. The Kier molecular flexibility index (Phi) is 3.97. The smallest absolute Gasteiger partial charge is 0.271 e. The van der Waals surface area contributed by atoms with Gasteiger partial charge in [0.25, 0.3) is 5.56 Å². The second-order valence-electron chi connectivity index (χ2n) is 5.31. The number of hydrogen-bond donors (Lipinski definition) is 2. The topological polar surface area (TPSA) is 70.9 Å². The number of aryl methyl sites for hydroxylation is 2. The van der Waals surface area contributed by atoms with Gasteiger partial charge in [0.1, 0.15) is 17.3 Å². The lowest BCUT2D eigenvalue weighted by atomic mass is 10.1. The number of rotatable bonds is 4. The summed E-state index contributed by atoms with van der Waals surface area (Å²) in [5.41, 5.74) is 3.55. The van der Waals surface area contributed by atoms with Gasteiger partial charge >= 0.3 is 0 Å². The van der Waals surface area contributed by atoms with Crippen molar-refractivity contribution in [1.82, 2.24) is 10.1 Å². The van der Waals surface area contributed by atoms with Gasteiger partial charge in [-0.15, -0.1) is 0 Å². The van der Waals surface area contributed by atoms with Crippen LogP contribution in [0.2, 0.25) is 0 Å². The summed E-state index contributed by atoms with van der Waals surface area (Å²) in [6, 6.07) is 7.89. The lowest BCUT2D eigenvalue weighted by Gasteiger charge is -2.08. The molecule has 0 unspecified atom stereocenters. The van der Waals surface area contributed by atoms with E-state index in [-0.39, 0.29) is 11.4 Å². The molecule has 0 aliphatic carbocycles. The Labute approximate surface area is 132 Å². The molecule has 0 spiro atoms. The number of benzene rings is 1. The molecule has 3 aromatic rings. The molecule has 0 radical (unpaired) electrons. The highest BCUT2D eigenvalue weighted by Gasteiger charge is 2.13. The number of hydrogen-bond acceptors (Lipinski definition) is 4. The Balaban J connectivity index is 1.86. The zero-order valence-electron chi connectivity index (χ0n) is 12.8. The van der Waals surface area contributed by atoms with Crippen LogP contribution in [0.15, 0.2) is 45.8 Å². The van der Waals surface area contributed by atoms with E-state index in [1.54, 1.807) is 24.4 Å². The number of aromatic amines is 1. The van der Waals surface area contributed by atoms with E-state index in [9.17, 15) is 9.18 Å². The minimum absolute atomic E-state index is 0.220. The molecule has 5 nitrogen and oxygen atoms in total. The van der Waals surface area contributed by atoms with Crippen molar-refractivity contribution < 1.29 is 8.91 Å². The zero-order chi connectivity index (χ0) is 16.4. The fourth-order valence-corrected chi connectivity index (χ4v) is 2.45. The highest BCUT2D eigenvalue weighted by atomic mass is 19.1. The average Bonchev–Trinajstić information content (AvgIpc) is 2.87. The number of nitrogens with zero attached hydrogens (tertiary/aromatic N) is 1. The van der Waals surface area contributed by atoms with E-state index in [0.29, 0.717) is 18.0 Å². The SMILES string of the molecule is Cc1noc(C)c1-c1c[nH]c(=O)c(NCc2ccc(F)cc2)c1. The van der Waals surface area contributed by atoms with Crippen LogP contribution in [-0.4, -0.2) is 10.1 Å². The van der Waals surface area contributed by atoms with Crippen LogP contribution in [0.5, 0.6) is 0 Å². The van der Waals surface area contributed by atoms with Crippen molar-refractivity contribution in [2.75, 3.05) is 5.32 Å². The van der Waals surface area contributed by atoms with E-state index in [0.717, 1.165) is 22.4 Å². The Morgan fingerprint density at radius 1 is 1.26 bits per heavy atom. The lowest BCUT2D eigenvalue weighted by Crippen LogP contribution is -2.13. The van der Waals surface area contributed by atoms with Gasteiger partial charge in [-0.3, -0.25) is 4.79 Å². The standard InChI is InChI=1S/C17H16FN3O2/c1-10-16(11(2)23-21-10)13-7-15(17(22)20-9-13)19-8-12-3-5-14(18)6-4-12/h3-7,9,19H,8H2,1-2H3,(H,20,22). The molecule has 0 amide bonds. The molecule has 23 heavy (non-hydrogen) atoms. The predicted molar refractivity (Wildman–Crippen MR) is 85.8 cm³/mol. The summed E-state index contributed by atoms with van der Waals surface area (Å²) >= 11 is 0. The Morgan fingerprint density at radius 3 is 2.65 bits per heavy atom. The Hall–Kier alpha value is -2.89. The Morgan fingerprint density at radius 2 is 2.00 bits per heavy atom. The average molecular weight is 313 g/mol. The summed E-state index contributed by atoms with van der Waals surface area (Å²) < 4.78 is 18.1. The molecule has 3 rings (SSSR count). The van der Waals surface area contributed by atoms with Crippen LogP contribution in [0, 0.1) is 19.7 Å². The highest BCUT2D eigenvalue weighted by Crippen LogP contribution is 2.26. The van der Waals surface area contributed by atoms with Gasteiger partial charge in [0, 0.05) is 23.9 Å². The molecule has 0 atom stereocenters. The second kappa shape index (κ2) is 6.08. The minimum atomic E-state index is -0.285. The Bertz CT molecular complexity index is 862. The molecular formula is C17H16FN3O2. The molecule has 0 saturated heterocycles. The molecule has 6 heteroatoms. The molecule has 0 aliphatic rings. The van der Waals surface area contributed by atoms with E-state index in [2.05, 4.69) is 15.5 Å². The number of pyridine rings is 1. The fourth-order valence-electron chi connectivity index (χ4n) is 2.45. The molecule has 0 saturated carbocycles. The van der Waals surface area contributed by atoms with Crippen molar-refractivity contribution in [3.8, 4) is 11.1 Å². The normalized spacial score (nSPS) is 10.7. The molecule has 118 valence electrons. The molecule has 2 N–H and O–H groups in total. The quantitative estimate of drug-likeness (QED) is 0.774. The summed E-state index contributed by atoms with van der Waals surface area (Å²) in [6.07, 6.45) is 1.64. The van der Waals surface area contributed by atoms with Gasteiger partial charge in [0.15, 0.2) is 0 Å². The van der Waals surface area contributed by atoms with Crippen LogP contribution in [0.25, 0.3) is 11.1 Å². The van der Waals surface area contributed by atoms with E-state index in [1.807, 2.05) is 13.8 Å². The predicted octanol–water partition coefficient (Wildman–Crippen LogP) is 3.40. The van der Waals surface area contributed by atoms with Crippen molar-refractivity contribution >= 4 is 5.69 Å². The maximum atomic E-state index is 12.9. The number of halogens is 1. The number of H-pyrrole nitrogens is 1. The molecular weight excluding hydrogens is 297 g/mol. The summed E-state index contributed by atoms with van der Waals surface area (Å²) in [7, 11) is 0. The van der Waals surface area contributed by atoms with Crippen LogP contribution in [0.1, 0.15) is 17.0 Å². The maximum Gasteiger partial charge on any atom is 0.271 e. The molecule has 2 heterocycles. The van der Waals surface area contributed by atoms with Crippen LogP contribution in [-0.2, 0) is 6.54 Å². The van der Waals surface area contributed by atoms with E-state index < -0.39 is 0 Å². The third-order valence-electron chi connectivity index (χ3n) is 3.62. The largest absolute Gasteiger partial charge is 0.376 e. The summed E-state index contributed by atoms with van der Waals surface area (Å²) in [5.74, 6) is 0.408. The van der Waals surface area contributed by atoms with Gasteiger partial charge in [-0.05, 0) is 37.6 Å². The van der Waals surface area contributed by atoms with Gasteiger partial charge in [0.05, 0.1) is 5.69 Å². The number of aromatic nitrogens is 2. The first-order chi connectivity index (χ1) is 11.0. The van der Waals surface area contributed by atoms with Gasteiger partial charge in [0.2, 0.25) is 0 Å². The molecule has 2 aromatic heterocycles. The highest BCUT2D eigenvalue weighted by molar-refractivity contribution is 5.70. The zero-order valence-corrected chi connectivity index (χ0v) is 12.8. The molecule has 0 aliphatic heterocycles. The molecule has 1 aromatic carbocycles. The van der Waals surface area contributed by atoms with Crippen LogP contribution in [0.3, 0.4) is 0 Å². The number of anilines is 1. The van der Waals surface area contributed by atoms with Crippen molar-refractivity contribution in [3.05, 3.63) is 69.7 Å². The third-order valence-corrected chi connectivity index (χ3v) is 3.62. The first-order valence-electron chi connectivity index (χ1n) is 7.19. The van der Waals surface area contributed by atoms with Gasteiger partial charge in [-0.1, -0.05) is 17.3 Å². The van der Waals surface area contributed by atoms with E-state index in [1.165, 1.54) is 12.1 Å². The van der Waals surface area contributed by atoms with Gasteiger partial charge < -0.3 is 14.8 Å². The van der Waals surface area contributed by atoms with Crippen LogP contribution >= 0.6 is 0 Å². The minimum Gasteiger partial charge on any atom is -0.376 e. The van der Waals surface area contributed by atoms with Gasteiger partial charge in [-0.25, -0.2) is 4.39 Å². The van der Waals surface area contributed by atoms with Crippen molar-refractivity contribution in [2.24, 2.45) is 0 Å². The summed E-state index contributed by atoms with van der Waals surface area (Å²) in [5, 5.41) is 7.00. The monoisotopic (exact) mass is 313 g/mol. The third kappa shape index (κ3) is 3.15. The van der Waals surface area contributed by atoms with Crippen molar-refractivity contribution in [1.29, 1.82) is 0 Å². The summed E-state index contributed by atoms with van der Waals surface area (Å²) in [6.45, 7) is 4.10. The van der Waals surface area contributed by atoms with Crippen LogP contribution in [0.4, 0.5) is 10.1 Å². The van der Waals surface area contributed by atoms with E-state index in [4.69, 9.17) is 4.52 Å². The second-order valence-corrected chi connectivity index (χ2v) is 5.31. The molecule has 0 bridgehead atoms. The fraction of sp³-hybridized carbons (Fsp3) is 0.176. The maximum absolute atomic E-state index is 12.9. The van der Waals surface area contributed by atoms with Crippen molar-refractivity contribution in [3.63, 3.8) is 0 Å².